The first-order valence-corrected chi connectivity index (χ1v) is 9.77. The summed E-state index contributed by atoms with van der Waals surface area (Å²) in [5.41, 5.74) is 3.66. The molecule has 1 N–H and O–H groups in total. The molecular formula is C21H21FN4OS. The van der Waals surface area contributed by atoms with E-state index < -0.39 is 0 Å². The molecule has 0 saturated heterocycles. The third-order valence-corrected chi connectivity index (χ3v) is 5.40. The number of hydrogen-bond donors (Lipinski definition) is 1. The largest absolute Gasteiger partial charge is 0.334 e. The van der Waals surface area contributed by atoms with Crippen molar-refractivity contribution in [1.82, 2.24) is 14.8 Å². The van der Waals surface area contributed by atoms with E-state index in [0.717, 1.165) is 22.4 Å². The highest BCUT2D eigenvalue weighted by molar-refractivity contribution is 7.98. The standard InChI is InChI=1S/C21H21FN4OS/c1-4-12-26-20(27)19(23-18-7-5-6-14(2)15(18)3)24-25-21(26)28-13-16-8-10-17(22)11-9-16/h4-11H,1,12-13H2,2-3H3,(H,23,24). The Bertz CT molecular complexity index is 1050. The van der Waals surface area contributed by atoms with Gasteiger partial charge < -0.3 is 5.32 Å². The monoisotopic (exact) mass is 396 g/mol. The number of allylic oxidation sites excluding steroid dienone is 1. The Labute approximate surface area is 167 Å². The number of aryl methyl sites for hydroxylation is 1. The second kappa shape index (κ2) is 8.84. The van der Waals surface area contributed by atoms with E-state index in [2.05, 4.69) is 22.1 Å². The summed E-state index contributed by atoms with van der Waals surface area (Å²) in [7, 11) is 0. The van der Waals surface area contributed by atoms with Crippen molar-refractivity contribution in [2.75, 3.05) is 5.32 Å². The number of benzene rings is 2. The molecule has 0 spiro atoms. The van der Waals surface area contributed by atoms with Gasteiger partial charge in [0, 0.05) is 18.0 Å². The number of anilines is 2. The van der Waals surface area contributed by atoms with Crippen molar-refractivity contribution < 1.29 is 4.39 Å². The van der Waals surface area contributed by atoms with Gasteiger partial charge in [-0.05, 0) is 48.7 Å². The van der Waals surface area contributed by atoms with Gasteiger partial charge in [0.25, 0.3) is 5.56 Å². The summed E-state index contributed by atoms with van der Waals surface area (Å²) >= 11 is 1.37. The molecule has 1 heterocycles. The van der Waals surface area contributed by atoms with E-state index in [1.165, 1.54) is 28.5 Å². The highest BCUT2D eigenvalue weighted by Gasteiger charge is 2.13. The van der Waals surface area contributed by atoms with Crippen LogP contribution in [0.4, 0.5) is 15.9 Å². The van der Waals surface area contributed by atoms with Gasteiger partial charge in [0.2, 0.25) is 5.82 Å². The molecule has 0 saturated carbocycles. The molecule has 0 aliphatic rings. The molecule has 0 aliphatic heterocycles. The number of hydrogen-bond acceptors (Lipinski definition) is 5. The zero-order valence-electron chi connectivity index (χ0n) is 15.8. The van der Waals surface area contributed by atoms with E-state index in [9.17, 15) is 9.18 Å². The molecular weight excluding hydrogens is 375 g/mol. The van der Waals surface area contributed by atoms with E-state index in [4.69, 9.17) is 0 Å². The molecule has 0 unspecified atom stereocenters. The first kappa shape index (κ1) is 19.8. The molecule has 0 amide bonds. The third kappa shape index (κ3) is 4.48. The van der Waals surface area contributed by atoms with Crippen molar-refractivity contribution in [3.05, 3.63) is 88.0 Å². The summed E-state index contributed by atoms with van der Waals surface area (Å²) in [6, 6.07) is 12.1. The fraction of sp³-hybridized carbons (Fsp3) is 0.190. The predicted octanol–water partition coefficient (Wildman–Crippen LogP) is 4.62. The van der Waals surface area contributed by atoms with Gasteiger partial charge in [0.05, 0.1) is 0 Å². The number of nitrogens with one attached hydrogen (secondary N) is 1. The normalized spacial score (nSPS) is 10.7. The maximum absolute atomic E-state index is 13.1. The average molecular weight is 396 g/mol. The van der Waals surface area contributed by atoms with Crippen molar-refractivity contribution >= 4 is 23.3 Å². The van der Waals surface area contributed by atoms with Crippen LogP contribution in [-0.4, -0.2) is 14.8 Å². The Morgan fingerprint density at radius 1 is 1.18 bits per heavy atom. The summed E-state index contributed by atoms with van der Waals surface area (Å²) in [5.74, 6) is 0.440. The number of rotatable bonds is 7. The van der Waals surface area contributed by atoms with Crippen LogP contribution in [0.15, 0.2) is 65.1 Å². The SMILES string of the molecule is C=CCn1c(SCc2ccc(F)cc2)nnc(Nc2cccc(C)c2C)c1=O. The highest BCUT2D eigenvalue weighted by Crippen LogP contribution is 2.23. The number of nitrogens with zero attached hydrogens (tertiary/aromatic N) is 3. The Morgan fingerprint density at radius 3 is 2.64 bits per heavy atom. The minimum absolute atomic E-state index is 0.168. The lowest BCUT2D eigenvalue weighted by Crippen LogP contribution is -2.26. The fourth-order valence-electron chi connectivity index (χ4n) is 2.62. The van der Waals surface area contributed by atoms with E-state index in [1.807, 2.05) is 32.0 Å². The Balaban J connectivity index is 1.87. The van der Waals surface area contributed by atoms with Gasteiger partial charge in [-0.1, -0.05) is 42.1 Å². The van der Waals surface area contributed by atoms with Crippen LogP contribution in [0.1, 0.15) is 16.7 Å². The first-order valence-electron chi connectivity index (χ1n) is 8.78. The molecule has 3 aromatic rings. The molecule has 28 heavy (non-hydrogen) atoms. The van der Waals surface area contributed by atoms with Crippen molar-refractivity contribution in [3.8, 4) is 0 Å². The van der Waals surface area contributed by atoms with Gasteiger partial charge in [0.15, 0.2) is 5.16 Å². The van der Waals surface area contributed by atoms with Crippen molar-refractivity contribution in [3.63, 3.8) is 0 Å². The lowest BCUT2D eigenvalue weighted by Gasteiger charge is -2.13. The van der Waals surface area contributed by atoms with E-state index in [-0.39, 0.29) is 17.2 Å². The molecule has 0 bridgehead atoms. The van der Waals surface area contributed by atoms with Crippen LogP contribution in [-0.2, 0) is 12.3 Å². The molecule has 0 aliphatic carbocycles. The number of thioether (sulfide) groups is 1. The van der Waals surface area contributed by atoms with Crippen LogP contribution in [0.3, 0.4) is 0 Å². The van der Waals surface area contributed by atoms with Crippen LogP contribution in [0.2, 0.25) is 0 Å². The van der Waals surface area contributed by atoms with E-state index >= 15 is 0 Å². The van der Waals surface area contributed by atoms with Gasteiger partial charge in [-0.3, -0.25) is 9.36 Å². The first-order chi connectivity index (χ1) is 13.5. The molecule has 2 aromatic carbocycles. The van der Waals surface area contributed by atoms with Gasteiger partial charge in [-0.2, -0.15) is 0 Å². The molecule has 0 atom stereocenters. The van der Waals surface area contributed by atoms with Crippen LogP contribution >= 0.6 is 11.8 Å². The maximum Gasteiger partial charge on any atom is 0.297 e. The number of halogens is 1. The lowest BCUT2D eigenvalue weighted by atomic mass is 10.1. The predicted molar refractivity (Wildman–Crippen MR) is 112 cm³/mol. The van der Waals surface area contributed by atoms with E-state index in [0.29, 0.717) is 17.5 Å². The Kier molecular flexibility index (Phi) is 6.26. The van der Waals surface area contributed by atoms with Gasteiger partial charge in [0.1, 0.15) is 5.82 Å². The number of aromatic nitrogens is 3. The molecule has 144 valence electrons. The van der Waals surface area contributed by atoms with Gasteiger partial charge in [-0.15, -0.1) is 16.8 Å². The molecule has 7 heteroatoms. The van der Waals surface area contributed by atoms with Gasteiger partial charge in [-0.25, -0.2) is 4.39 Å². The summed E-state index contributed by atoms with van der Waals surface area (Å²) in [5, 5.41) is 11.9. The lowest BCUT2D eigenvalue weighted by molar-refractivity contribution is 0.625. The zero-order chi connectivity index (χ0) is 20.1. The van der Waals surface area contributed by atoms with Crippen LogP contribution < -0.4 is 10.9 Å². The topological polar surface area (TPSA) is 59.8 Å². The molecule has 5 nitrogen and oxygen atoms in total. The summed E-state index contributed by atoms with van der Waals surface area (Å²) in [6.07, 6.45) is 1.65. The van der Waals surface area contributed by atoms with Crippen LogP contribution in [0.5, 0.6) is 0 Å². The third-order valence-electron chi connectivity index (χ3n) is 4.36. The average Bonchev–Trinajstić information content (AvgIpc) is 2.69. The van der Waals surface area contributed by atoms with Crippen LogP contribution in [0, 0.1) is 19.7 Å². The second-order valence-electron chi connectivity index (χ2n) is 6.32. The second-order valence-corrected chi connectivity index (χ2v) is 7.27. The molecule has 0 radical (unpaired) electrons. The molecule has 1 aromatic heterocycles. The van der Waals surface area contributed by atoms with Crippen LogP contribution in [0.25, 0.3) is 0 Å². The summed E-state index contributed by atoms with van der Waals surface area (Å²) in [4.78, 5) is 12.9. The zero-order valence-corrected chi connectivity index (χ0v) is 16.6. The Hall–Kier alpha value is -2.93. The quantitative estimate of drug-likeness (QED) is 0.467. The van der Waals surface area contributed by atoms with Crippen molar-refractivity contribution in [1.29, 1.82) is 0 Å². The molecule has 0 fully saturated rings. The van der Waals surface area contributed by atoms with E-state index in [1.54, 1.807) is 18.2 Å². The summed E-state index contributed by atoms with van der Waals surface area (Å²) in [6.45, 7) is 8.05. The highest BCUT2D eigenvalue weighted by atomic mass is 32.2. The minimum atomic E-state index is -0.279. The van der Waals surface area contributed by atoms with Crippen molar-refractivity contribution in [2.45, 2.75) is 31.3 Å². The maximum atomic E-state index is 13.1. The summed E-state index contributed by atoms with van der Waals surface area (Å²) < 4.78 is 14.6. The minimum Gasteiger partial charge on any atom is -0.334 e. The molecule has 3 rings (SSSR count). The Morgan fingerprint density at radius 2 is 1.93 bits per heavy atom. The fourth-order valence-corrected chi connectivity index (χ4v) is 3.52. The van der Waals surface area contributed by atoms with Crippen molar-refractivity contribution in [2.24, 2.45) is 0 Å². The smallest absolute Gasteiger partial charge is 0.297 e. The van der Waals surface area contributed by atoms with Gasteiger partial charge >= 0.3 is 0 Å².